The molecule has 1 heterocycles. The van der Waals surface area contributed by atoms with Gasteiger partial charge in [0.1, 0.15) is 0 Å². The quantitative estimate of drug-likeness (QED) is 0.836. The van der Waals surface area contributed by atoms with Gasteiger partial charge < -0.3 is 9.88 Å². The van der Waals surface area contributed by atoms with Crippen LogP contribution in [0, 0.1) is 13.8 Å². The molecule has 4 heteroatoms. The average Bonchev–Trinajstić information content (AvgIpc) is 2.86. The topological polar surface area (TPSA) is 46.9 Å². The summed E-state index contributed by atoms with van der Waals surface area (Å²) in [5, 5.41) is 2.94. The minimum atomic E-state index is -0.00238. The van der Waals surface area contributed by atoms with Crippen LogP contribution in [0.1, 0.15) is 27.9 Å². The predicted octanol–water partition coefficient (Wildman–Crippen LogP) is 2.32. The van der Waals surface area contributed by atoms with Gasteiger partial charge in [0, 0.05) is 31.0 Å². The van der Waals surface area contributed by atoms with Crippen LogP contribution in [0.5, 0.6) is 0 Å². The Morgan fingerprint density at radius 2 is 2.00 bits per heavy atom. The third kappa shape index (κ3) is 3.95. The molecule has 2 rings (SSSR count). The lowest BCUT2D eigenvalue weighted by molar-refractivity contribution is 0.0952. The molecule has 0 atom stereocenters. The fraction of sp³-hybridized carbons (Fsp3) is 0.333. The van der Waals surface area contributed by atoms with Gasteiger partial charge in [0.15, 0.2) is 0 Å². The molecule has 0 saturated heterocycles. The monoisotopic (exact) mass is 257 g/mol. The summed E-state index contributed by atoms with van der Waals surface area (Å²) in [6, 6.07) is 5.90. The minimum Gasteiger partial charge on any atom is -0.352 e. The zero-order chi connectivity index (χ0) is 13.7. The largest absolute Gasteiger partial charge is 0.352 e. The normalized spacial score (nSPS) is 10.4. The van der Waals surface area contributed by atoms with Crippen molar-refractivity contribution in [3.8, 4) is 0 Å². The number of benzene rings is 1. The number of nitrogens with one attached hydrogen (secondary N) is 1. The third-order valence-electron chi connectivity index (χ3n) is 2.92. The van der Waals surface area contributed by atoms with Crippen LogP contribution in [-0.4, -0.2) is 22.0 Å². The molecule has 0 aliphatic carbocycles. The van der Waals surface area contributed by atoms with Crippen molar-refractivity contribution in [3.63, 3.8) is 0 Å². The number of imidazole rings is 1. The fourth-order valence-corrected chi connectivity index (χ4v) is 2.09. The minimum absolute atomic E-state index is 0.00238. The second-order valence-corrected chi connectivity index (χ2v) is 4.79. The van der Waals surface area contributed by atoms with Gasteiger partial charge in [-0.05, 0) is 32.4 Å². The number of carbonyl (C=O) groups excluding carboxylic acids is 1. The summed E-state index contributed by atoms with van der Waals surface area (Å²) in [6.07, 6.45) is 6.36. The molecule has 0 aliphatic heterocycles. The molecule has 0 aliphatic rings. The highest BCUT2D eigenvalue weighted by Gasteiger charge is 2.05. The highest BCUT2D eigenvalue weighted by Crippen LogP contribution is 2.08. The van der Waals surface area contributed by atoms with E-state index in [0.717, 1.165) is 29.7 Å². The van der Waals surface area contributed by atoms with Crippen LogP contribution in [0.25, 0.3) is 0 Å². The number of carbonyl (C=O) groups is 1. The van der Waals surface area contributed by atoms with Crippen LogP contribution >= 0.6 is 0 Å². The Hall–Kier alpha value is -2.10. The van der Waals surface area contributed by atoms with Crippen molar-refractivity contribution in [3.05, 3.63) is 53.6 Å². The van der Waals surface area contributed by atoms with Crippen LogP contribution < -0.4 is 5.32 Å². The van der Waals surface area contributed by atoms with Crippen LogP contribution in [-0.2, 0) is 6.54 Å². The SMILES string of the molecule is Cc1cc(C)cc(C(=O)NCCCn2ccnc2)c1. The van der Waals surface area contributed by atoms with E-state index in [2.05, 4.69) is 16.4 Å². The first-order valence-corrected chi connectivity index (χ1v) is 6.47. The van der Waals surface area contributed by atoms with Crippen molar-refractivity contribution in [2.75, 3.05) is 6.54 Å². The van der Waals surface area contributed by atoms with E-state index in [4.69, 9.17) is 0 Å². The summed E-state index contributed by atoms with van der Waals surface area (Å²) >= 11 is 0. The van der Waals surface area contributed by atoms with Crippen molar-refractivity contribution in [2.24, 2.45) is 0 Å². The average molecular weight is 257 g/mol. The molecule has 0 radical (unpaired) electrons. The molecule has 0 spiro atoms. The van der Waals surface area contributed by atoms with Gasteiger partial charge in [0.05, 0.1) is 6.33 Å². The van der Waals surface area contributed by atoms with Gasteiger partial charge >= 0.3 is 0 Å². The van der Waals surface area contributed by atoms with Crippen LogP contribution in [0.2, 0.25) is 0 Å². The Morgan fingerprint density at radius 3 is 2.63 bits per heavy atom. The summed E-state index contributed by atoms with van der Waals surface area (Å²) in [5.41, 5.74) is 2.97. The molecule has 0 bridgehead atoms. The smallest absolute Gasteiger partial charge is 0.251 e. The maximum Gasteiger partial charge on any atom is 0.251 e. The van der Waals surface area contributed by atoms with Crippen LogP contribution in [0.15, 0.2) is 36.9 Å². The van der Waals surface area contributed by atoms with Crippen LogP contribution in [0.4, 0.5) is 0 Å². The summed E-state index contributed by atoms with van der Waals surface area (Å²) in [5.74, 6) is -0.00238. The van der Waals surface area contributed by atoms with Crippen molar-refractivity contribution < 1.29 is 4.79 Å². The van der Waals surface area contributed by atoms with Gasteiger partial charge in [-0.2, -0.15) is 0 Å². The van der Waals surface area contributed by atoms with E-state index in [-0.39, 0.29) is 5.91 Å². The Labute approximate surface area is 113 Å². The van der Waals surface area contributed by atoms with Gasteiger partial charge in [-0.15, -0.1) is 0 Å². The lowest BCUT2D eigenvalue weighted by Gasteiger charge is -2.07. The Bertz CT molecular complexity index is 526. The maximum absolute atomic E-state index is 12.0. The third-order valence-corrected chi connectivity index (χ3v) is 2.92. The van der Waals surface area contributed by atoms with E-state index >= 15 is 0 Å². The van der Waals surface area contributed by atoms with Crippen molar-refractivity contribution in [1.29, 1.82) is 0 Å². The maximum atomic E-state index is 12.0. The molecule has 1 N–H and O–H groups in total. The molecule has 1 aromatic heterocycles. The molecular weight excluding hydrogens is 238 g/mol. The molecular formula is C15H19N3O. The zero-order valence-corrected chi connectivity index (χ0v) is 11.4. The fourth-order valence-electron chi connectivity index (χ4n) is 2.09. The Balaban J connectivity index is 1.80. The van der Waals surface area contributed by atoms with E-state index in [1.165, 1.54) is 0 Å². The van der Waals surface area contributed by atoms with E-state index in [1.54, 1.807) is 12.5 Å². The van der Waals surface area contributed by atoms with Gasteiger partial charge in [0.2, 0.25) is 0 Å². The molecule has 100 valence electrons. The molecule has 4 nitrogen and oxygen atoms in total. The second kappa shape index (κ2) is 6.18. The summed E-state index contributed by atoms with van der Waals surface area (Å²) in [6.45, 7) is 5.54. The number of rotatable bonds is 5. The number of hydrogen-bond acceptors (Lipinski definition) is 2. The van der Waals surface area contributed by atoms with E-state index in [0.29, 0.717) is 6.54 Å². The molecule has 0 fully saturated rings. The first-order chi connectivity index (χ1) is 9.15. The molecule has 0 saturated carbocycles. The van der Waals surface area contributed by atoms with E-state index in [1.807, 2.05) is 36.7 Å². The van der Waals surface area contributed by atoms with Gasteiger partial charge in [-0.3, -0.25) is 4.79 Å². The Morgan fingerprint density at radius 1 is 1.26 bits per heavy atom. The van der Waals surface area contributed by atoms with E-state index in [9.17, 15) is 4.79 Å². The second-order valence-electron chi connectivity index (χ2n) is 4.79. The summed E-state index contributed by atoms with van der Waals surface area (Å²) in [7, 11) is 0. The lowest BCUT2D eigenvalue weighted by Crippen LogP contribution is -2.25. The molecule has 19 heavy (non-hydrogen) atoms. The summed E-state index contributed by atoms with van der Waals surface area (Å²) < 4.78 is 2.00. The van der Waals surface area contributed by atoms with Crippen molar-refractivity contribution >= 4 is 5.91 Å². The molecule has 1 aromatic carbocycles. The van der Waals surface area contributed by atoms with Gasteiger partial charge in [-0.1, -0.05) is 17.2 Å². The first-order valence-electron chi connectivity index (χ1n) is 6.47. The lowest BCUT2D eigenvalue weighted by atomic mass is 10.1. The van der Waals surface area contributed by atoms with Crippen molar-refractivity contribution in [1.82, 2.24) is 14.9 Å². The highest BCUT2D eigenvalue weighted by atomic mass is 16.1. The standard InChI is InChI=1S/C15H19N3O/c1-12-8-13(2)10-14(9-12)15(19)17-4-3-6-18-7-5-16-11-18/h5,7-11H,3-4,6H2,1-2H3,(H,17,19). The summed E-state index contributed by atoms with van der Waals surface area (Å²) in [4.78, 5) is 16.0. The molecule has 2 aromatic rings. The van der Waals surface area contributed by atoms with E-state index < -0.39 is 0 Å². The number of aromatic nitrogens is 2. The van der Waals surface area contributed by atoms with Crippen LogP contribution in [0.3, 0.4) is 0 Å². The molecule has 1 amide bonds. The number of nitrogens with zero attached hydrogens (tertiary/aromatic N) is 2. The van der Waals surface area contributed by atoms with Crippen molar-refractivity contribution in [2.45, 2.75) is 26.8 Å². The first kappa shape index (κ1) is 13.3. The number of amides is 1. The predicted molar refractivity (Wildman–Crippen MR) is 75.1 cm³/mol. The Kier molecular flexibility index (Phi) is 4.34. The van der Waals surface area contributed by atoms with Gasteiger partial charge in [-0.25, -0.2) is 4.98 Å². The molecule has 0 unspecified atom stereocenters. The number of aryl methyl sites for hydroxylation is 3. The number of hydrogen-bond donors (Lipinski definition) is 1. The zero-order valence-electron chi connectivity index (χ0n) is 11.4. The highest BCUT2D eigenvalue weighted by molar-refractivity contribution is 5.94. The van der Waals surface area contributed by atoms with Gasteiger partial charge in [0.25, 0.3) is 5.91 Å².